The van der Waals surface area contributed by atoms with Crippen LogP contribution in [0.1, 0.15) is 6.92 Å². The normalized spacial score (nSPS) is 3.00. The molecule has 0 bridgehead atoms. The van der Waals surface area contributed by atoms with Crippen LogP contribution in [0.4, 0.5) is 0 Å². The first kappa shape index (κ1) is 25.0. The molecule has 0 spiro atoms. The fourth-order valence-corrected chi connectivity index (χ4v) is 0. The van der Waals surface area contributed by atoms with Crippen molar-refractivity contribution in [1.82, 2.24) is 0 Å². The van der Waals surface area contributed by atoms with Crippen molar-refractivity contribution in [2.45, 2.75) is 10.9 Å². The topological polar surface area (TPSA) is 0 Å². The van der Waals surface area contributed by atoms with Crippen LogP contribution in [-0.4, -0.2) is 25.8 Å². The van der Waals surface area contributed by atoms with E-state index in [1.54, 1.807) is 0 Å². The molecule has 0 amide bonds. The van der Waals surface area contributed by atoms with E-state index in [1.807, 2.05) is 0 Å². The second kappa shape index (κ2) is 29.2. The van der Waals surface area contributed by atoms with Gasteiger partial charge in [0.2, 0.25) is 0 Å². The van der Waals surface area contributed by atoms with Crippen molar-refractivity contribution < 1.29 is 0 Å². The molecule has 0 saturated carbocycles. The second-order valence-corrected chi connectivity index (χ2v) is 3.10. The molecule has 0 aliphatic rings. The zero-order chi connectivity index (χ0) is 2.71. The molecule has 0 atom stereocenters. The fraction of sp³-hybridized carbons (Fsp3) is 1.00. The zero-order valence-electron chi connectivity index (χ0n) is 3.43. The van der Waals surface area contributed by atoms with Crippen molar-refractivity contribution in [1.29, 1.82) is 0 Å². The molecule has 4 heteroatoms. The Kier molecular flexibility index (Phi) is 122. The predicted molar refractivity (Wildman–Crippen MR) is 38.0 cm³/mol. The average Bonchev–Trinajstić information content (AvgIpc) is 0.918. The standard InChI is InChI=1S/C2H5.3ClH.Pb/c1-2;;;;/h1H2,2H3;3*1H;. The van der Waals surface area contributed by atoms with E-state index in [0.717, 1.165) is 0 Å². The van der Waals surface area contributed by atoms with Gasteiger partial charge < -0.3 is 0 Å². The van der Waals surface area contributed by atoms with Crippen molar-refractivity contribution in [3.05, 3.63) is 0 Å². The number of hydrogen-bond donors (Lipinski definition) is 0. The van der Waals surface area contributed by atoms with Crippen molar-refractivity contribution in [3.63, 3.8) is 0 Å². The molecule has 0 aliphatic heterocycles. The molecular weight excluding hydrogens is 338 g/mol. The van der Waals surface area contributed by atoms with Crippen LogP contribution in [0.15, 0.2) is 0 Å². The van der Waals surface area contributed by atoms with Crippen LogP contribution in [0.3, 0.4) is 0 Å². The first-order chi connectivity index (χ1) is 1.41. The van der Waals surface area contributed by atoms with E-state index in [-0.39, 0.29) is 37.2 Å². The maximum Gasteiger partial charge on any atom is -0.147 e. The molecule has 3 radical (unpaired) electrons. The molecule has 0 heterocycles. The summed E-state index contributed by atoms with van der Waals surface area (Å²) in [6.45, 7) is 2.19. The van der Waals surface area contributed by atoms with Crippen LogP contribution >= 0.6 is 37.2 Å². The quantitative estimate of drug-likeness (QED) is 0.588. The van der Waals surface area contributed by atoms with Gasteiger partial charge in [-0.25, -0.2) is 0 Å². The number of hydrogen-bond acceptors (Lipinski definition) is 0. The average molecular weight is 346 g/mol. The molecule has 0 rings (SSSR count). The van der Waals surface area contributed by atoms with Gasteiger partial charge in [-0.1, -0.05) is 0 Å². The Balaban J connectivity index is -0.00000000667. The van der Waals surface area contributed by atoms with Gasteiger partial charge in [0.15, 0.2) is 0 Å². The summed E-state index contributed by atoms with van der Waals surface area (Å²) >= 11 is 1.37. The molecule has 0 unspecified atom stereocenters. The Morgan fingerprint density at radius 2 is 1.17 bits per heavy atom. The maximum absolute atomic E-state index is 2.19. The summed E-state index contributed by atoms with van der Waals surface area (Å²) in [5.74, 6) is 0. The molecule has 0 nitrogen and oxygen atoms in total. The third kappa shape index (κ3) is 41.4. The van der Waals surface area contributed by atoms with Gasteiger partial charge in [0.1, 0.15) is 0 Å². The summed E-state index contributed by atoms with van der Waals surface area (Å²) in [4.78, 5) is 0. The summed E-state index contributed by atoms with van der Waals surface area (Å²) in [5.41, 5.74) is 0. The summed E-state index contributed by atoms with van der Waals surface area (Å²) < 4.78 is 1.39. The van der Waals surface area contributed by atoms with E-state index in [0.29, 0.717) is 0 Å². The molecule has 0 aliphatic carbocycles. The largest absolute Gasteiger partial charge is 0.147 e. The Morgan fingerprint density at radius 3 is 1.17 bits per heavy atom. The van der Waals surface area contributed by atoms with Crippen LogP contribution in [-0.2, 0) is 0 Å². The molecule has 0 saturated heterocycles. The van der Waals surface area contributed by atoms with Crippen molar-refractivity contribution in [3.8, 4) is 0 Å². The van der Waals surface area contributed by atoms with Crippen molar-refractivity contribution in [2.75, 3.05) is 0 Å². The van der Waals surface area contributed by atoms with Gasteiger partial charge in [-0.15, -0.1) is 37.2 Å². The van der Waals surface area contributed by atoms with E-state index >= 15 is 0 Å². The van der Waals surface area contributed by atoms with Gasteiger partial charge in [0.25, 0.3) is 0 Å². The third-order valence-corrected chi connectivity index (χ3v) is 0. The Hall–Kier alpha value is 1.79. The molecule has 0 aromatic heterocycles. The SMILES string of the molecule is C[CH2][Pb].Cl.Cl.Cl. The van der Waals surface area contributed by atoms with Crippen LogP contribution in [0.25, 0.3) is 0 Å². The first-order valence-electron chi connectivity index (χ1n) is 1.06. The summed E-state index contributed by atoms with van der Waals surface area (Å²) in [6, 6.07) is 0. The second-order valence-electron chi connectivity index (χ2n) is 0.354. The van der Waals surface area contributed by atoms with Crippen molar-refractivity contribution >= 4 is 63.0 Å². The number of halogens is 3. The molecular formula is C2H8Cl3Pb. The molecule has 0 aromatic rings. The van der Waals surface area contributed by atoms with E-state index in [4.69, 9.17) is 0 Å². The Bertz CT molecular complexity index is 8.75. The monoisotopic (exact) mass is 345 g/mol. The molecule has 0 fully saturated rings. The van der Waals surface area contributed by atoms with E-state index in [1.165, 1.54) is 29.7 Å². The van der Waals surface area contributed by atoms with Gasteiger partial charge in [0, 0.05) is 0 Å². The minimum atomic E-state index is 0. The minimum Gasteiger partial charge on any atom is -0.147 e. The molecule has 6 heavy (non-hydrogen) atoms. The van der Waals surface area contributed by atoms with Crippen LogP contribution in [0, 0.1) is 0 Å². The van der Waals surface area contributed by atoms with Crippen molar-refractivity contribution in [2.24, 2.45) is 0 Å². The molecule has 0 aromatic carbocycles. The molecule has 41 valence electrons. The van der Waals surface area contributed by atoms with Gasteiger partial charge in [-0.3, -0.25) is 0 Å². The summed E-state index contributed by atoms with van der Waals surface area (Å²) in [6.07, 6.45) is 0. The maximum atomic E-state index is 2.19. The first-order valence-corrected chi connectivity index (χ1v) is 3.81. The third-order valence-electron chi connectivity index (χ3n) is 0. The van der Waals surface area contributed by atoms with Crippen LogP contribution in [0.5, 0.6) is 0 Å². The zero-order valence-corrected chi connectivity index (χ0v) is 9.77. The van der Waals surface area contributed by atoms with Gasteiger partial charge >= 0.3 is 36.7 Å². The van der Waals surface area contributed by atoms with E-state index < -0.39 is 0 Å². The fourth-order valence-electron chi connectivity index (χ4n) is 0. The predicted octanol–water partition coefficient (Wildman–Crippen LogP) is 1.86. The smallest absolute Gasteiger partial charge is 0.147 e. The van der Waals surface area contributed by atoms with Crippen LogP contribution < -0.4 is 0 Å². The van der Waals surface area contributed by atoms with E-state index in [9.17, 15) is 0 Å². The van der Waals surface area contributed by atoms with Gasteiger partial charge in [0.05, 0.1) is 0 Å². The van der Waals surface area contributed by atoms with Gasteiger partial charge in [-0.2, -0.15) is 0 Å². The Labute approximate surface area is 73.4 Å². The summed E-state index contributed by atoms with van der Waals surface area (Å²) in [5, 5.41) is 0. The minimum absolute atomic E-state index is 0. The summed E-state index contributed by atoms with van der Waals surface area (Å²) in [7, 11) is 0. The molecule has 0 N–H and O–H groups in total. The number of rotatable bonds is 0. The van der Waals surface area contributed by atoms with Crippen LogP contribution in [0.2, 0.25) is 3.98 Å². The Morgan fingerprint density at radius 1 is 1.17 bits per heavy atom. The van der Waals surface area contributed by atoms with Gasteiger partial charge in [-0.05, 0) is 0 Å². The van der Waals surface area contributed by atoms with E-state index in [2.05, 4.69) is 6.92 Å².